The van der Waals surface area contributed by atoms with Crippen molar-refractivity contribution in [3.8, 4) is 22.9 Å². The van der Waals surface area contributed by atoms with Crippen molar-refractivity contribution in [3.05, 3.63) is 36.7 Å². The largest absolute Gasteiger partial charge is 0.494 e. The van der Waals surface area contributed by atoms with Crippen LogP contribution in [0.25, 0.3) is 11.4 Å². The Kier molecular flexibility index (Phi) is 13.0. The van der Waals surface area contributed by atoms with Gasteiger partial charge in [-0.25, -0.2) is 14.8 Å². The molecule has 2 unspecified atom stereocenters. The first-order chi connectivity index (χ1) is 16.5. The molecule has 1 aromatic heterocycles. The molecule has 188 valence electrons. The normalized spacial score (nSPS) is 12.7. The number of benzene rings is 1. The van der Waals surface area contributed by atoms with Crippen molar-refractivity contribution in [2.24, 2.45) is 0 Å². The fraction of sp³-hybridized carbons (Fsp3) is 0.593. The van der Waals surface area contributed by atoms with Crippen LogP contribution in [0.3, 0.4) is 0 Å². The summed E-state index contributed by atoms with van der Waals surface area (Å²) in [5, 5.41) is 0. The van der Waals surface area contributed by atoms with E-state index >= 15 is 0 Å². The number of esters is 1. The Hall–Kier alpha value is -2.67. The molecule has 0 N–H and O–H groups in total. The summed E-state index contributed by atoms with van der Waals surface area (Å²) in [5.74, 6) is 1.59. The molecule has 1 aromatic carbocycles. The van der Waals surface area contributed by atoms with Gasteiger partial charge in [-0.05, 0) is 51.0 Å². The summed E-state index contributed by atoms with van der Waals surface area (Å²) in [5.41, 5.74) is 0.904. The minimum Gasteiger partial charge on any atom is -0.494 e. The van der Waals surface area contributed by atoms with Crippen molar-refractivity contribution >= 4 is 5.97 Å². The highest BCUT2D eigenvalue weighted by Crippen LogP contribution is 2.21. The van der Waals surface area contributed by atoms with Crippen molar-refractivity contribution in [1.82, 2.24) is 9.97 Å². The zero-order chi connectivity index (χ0) is 24.6. The molecule has 2 atom stereocenters. The summed E-state index contributed by atoms with van der Waals surface area (Å²) in [7, 11) is 0. The summed E-state index contributed by atoms with van der Waals surface area (Å²) in [6, 6.07) is 7.80. The van der Waals surface area contributed by atoms with Crippen LogP contribution < -0.4 is 9.47 Å². The molecule has 0 saturated heterocycles. The lowest BCUT2D eigenvalue weighted by atomic mass is 10.1. The molecule has 1 heterocycles. The molecule has 0 radical (unpaired) electrons. The van der Waals surface area contributed by atoms with Crippen LogP contribution in [0.15, 0.2) is 36.7 Å². The minimum absolute atomic E-state index is 0.208. The average Bonchev–Trinajstić information content (AvgIpc) is 2.86. The van der Waals surface area contributed by atoms with E-state index in [1.165, 1.54) is 32.1 Å². The van der Waals surface area contributed by atoms with Crippen molar-refractivity contribution in [2.45, 2.75) is 84.8 Å². The quantitative estimate of drug-likeness (QED) is 0.206. The van der Waals surface area contributed by atoms with Gasteiger partial charge in [0.2, 0.25) is 0 Å². The van der Waals surface area contributed by atoms with Crippen LogP contribution in [-0.2, 0) is 14.3 Å². The van der Waals surface area contributed by atoms with E-state index in [-0.39, 0.29) is 6.61 Å². The van der Waals surface area contributed by atoms with Gasteiger partial charge in [0.05, 0.1) is 19.0 Å². The van der Waals surface area contributed by atoms with E-state index in [1.54, 1.807) is 26.2 Å². The second-order valence-electron chi connectivity index (χ2n) is 8.45. The average molecular weight is 473 g/mol. The predicted octanol–water partition coefficient (Wildman–Crippen LogP) is 6.01. The maximum absolute atomic E-state index is 12.0. The van der Waals surface area contributed by atoms with Gasteiger partial charge in [0.25, 0.3) is 0 Å². The zero-order valence-corrected chi connectivity index (χ0v) is 21.1. The number of aromatic nitrogens is 2. The number of nitrogens with zero attached hydrogens (tertiary/aromatic N) is 2. The molecule has 2 aromatic rings. The molecule has 7 nitrogen and oxygen atoms in total. The second-order valence-corrected chi connectivity index (χ2v) is 8.45. The summed E-state index contributed by atoms with van der Waals surface area (Å²) < 4.78 is 22.2. The number of unbranched alkanes of at least 4 members (excludes halogenated alkanes) is 5. The Morgan fingerprint density at radius 3 is 2.18 bits per heavy atom. The topological polar surface area (TPSA) is 79.8 Å². The van der Waals surface area contributed by atoms with Gasteiger partial charge >= 0.3 is 5.97 Å². The lowest BCUT2D eigenvalue weighted by Gasteiger charge is -2.17. The molecule has 0 fully saturated rings. The first-order valence-electron chi connectivity index (χ1n) is 12.5. The smallest absolute Gasteiger partial charge is 0.335 e. The molecule has 2 rings (SSSR count). The molecular formula is C27H40N2O5. The standard InChI is InChI=1S/C27H40N2O5/c1-5-7-8-9-10-11-17-32-24-14-12-23(13-15-24)26-28-18-25(19-29-26)33-20-21(3)34-27(30)22(4)31-16-6-2/h12-15,18-19,21-22H,5-11,16-17,20H2,1-4H3. The highest BCUT2D eigenvalue weighted by molar-refractivity contribution is 5.74. The number of carbonyl (C=O) groups excluding carboxylic acids is 1. The molecule has 0 saturated carbocycles. The summed E-state index contributed by atoms with van der Waals surface area (Å²) in [6.07, 6.45) is 10.6. The van der Waals surface area contributed by atoms with E-state index in [0.29, 0.717) is 18.2 Å². The highest BCUT2D eigenvalue weighted by Gasteiger charge is 2.18. The third-order valence-corrected chi connectivity index (χ3v) is 5.21. The SMILES string of the molecule is CCCCCCCCOc1ccc(-c2ncc(OCC(C)OC(=O)C(C)OCCC)cn2)cc1. The van der Waals surface area contributed by atoms with Gasteiger partial charge in [0.15, 0.2) is 17.7 Å². The monoisotopic (exact) mass is 472 g/mol. The molecule has 0 aliphatic carbocycles. The Balaban J connectivity index is 1.72. The van der Waals surface area contributed by atoms with Gasteiger partial charge in [-0.1, -0.05) is 46.0 Å². The summed E-state index contributed by atoms with van der Waals surface area (Å²) in [4.78, 5) is 20.8. The van der Waals surface area contributed by atoms with Gasteiger partial charge in [0.1, 0.15) is 18.5 Å². The molecular weight excluding hydrogens is 432 g/mol. The van der Waals surface area contributed by atoms with Gasteiger partial charge in [-0.15, -0.1) is 0 Å². The lowest BCUT2D eigenvalue weighted by molar-refractivity contribution is -0.162. The van der Waals surface area contributed by atoms with Crippen molar-refractivity contribution in [1.29, 1.82) is 0 Å². The lowest BCUT2D eigenvalue weighted by Crippen LogP contribution is -2.30. The number of hydrogen-bond donors (Lipinski definition) is 0. The Bertz CT molecular complexity index is 811. The number of rotatable bonds is 17. The third-order valence-electron chi connectivity index (χ3n) is 5.21. The highest BCUT2D eigenvalue weighted by atomic mass is 16.6. The van der Waals surface area contributed by atoms with Crippen molar-refractivity contribution < 1.29 is 23.7 Å². The number of hydrogen-bond acceptors (Lipinski definition) is 7. The van der Waals surface area contributed by atoms with E-state index < -0.39 is 18.2 Å². The van der Waals surface area contributed by atoms with E-state index in [1.807, 2.05) is 31.2 Å². The van der Waals surface area contributed by atoms with Crippen LogP contribution in [0.5, 0.6) is 11.5 Å². The maximum atomic E-state index is 12.0. The molecule has 0 aliphatic rings. The van der Waals surface area contributed by atoms with Crippen LogP contribution in [0, 0.1) is 0 Å². The zero-order valence-electron chi connectivity index (χ0n) is 21.1. The van der Waals surface area contributed by atoms with Crippen LogP contribution >= 0.6 is 0 Å². The molecule has 34 heavy (non-hydrogen) atoms. The second kappa shape index (κ2) is 16.0. The van der Waals surface area contributed by atoms with Gasteiger partial charge in [-0.2, -0.15) is 0 Å². The molecule has 7 heteroatoms. The first-order valence-corrected chi connectivity index (χ1v) is 12.5. The third kappa shape index (κ3) is 10.5. The summed E-state index contributed by atoms with van der Waals surface area (Å²) in [6.45, 7) is 9.16. The predicted molar refractivity (Wildman–Crippen MR) is 133 cm³/mol. The fourth-order valence-corrected chi connectivity index (χ4v) is 3.22. The molecule has 0 amide bonds. The Labute approximate surface area is 204 Å². The van der Waals surface area contributed by atoms with E-state index in [9.17, 15) is 4.79 Å². The molecule has 0 spiro atoms. The van der Waals surface area contributed by atoms with Crippen molar-refractivity contribution in [3.63, 3.8) is 0 Å². The van der Waals surface area contributed by atoms with Crippen LogP contribution in [0.1, 0.15) is 72.6 Å². The Morgan fingerprint density at radius 1 is 0.824 bits per heavy atom. The Morgan fingerprint density at radius 2 is 1.50 bits per heavy atom. The minimum atomic E-state index is -0.586. The first kappa shape index (κ1) is 27.6. The van der Waals surface area contributed by atoms with E-state index in [4.69, 9.17) is 18.9 Å². The number of carbonyl (C=O) groups is 1. The maximum Gasteiger partial charge on any atom is 0.335 e. The fourth-order valence-electron chi connectivity index (χ4n) is 3.22. The summed E-state index contributed by atoms with van der Waals surface area (Å²) >= 11 is 0. The van der Waals surface area contributed by atoms with Crippen molar-refractivity contribution in [2.75, 3.05) is 19.8 Å². The van der Waals surface area contributed by atoms with Crippen LogP contribution in [-0.4, -0.2) is 48.0 Å². The molecule has 0 bridgehead atoms. The number of ether oxygens (including phenoxy) is 4. The van der Waals surface area contributed by atoms with Crippen LogP contribution in [0.4, 0.5) is 0 Å². The molecule has 0 aliphatic heterocycles. The van der Waals surface area contributed by atoms with Gasteiger partial charge < -0.3 is 18.9 Å². The van der Waals surface area contributed by atoms with Gasteiger partial charge in [0, 0.05) is 12.2 Å². The van der Waals surface area contributed by atoms with E-state index in [0.717, 1.165) is 30.8 Å². The van der Waals surface area contributed by atoms with E-state index in [2.05, 4.69) is 16.9 Å². The van der Waals surface area contributed by atoms with Crippen LogP contribution in [0.2, 0.25) is 0 Å². The van der Waals surface area contributed by atoms with Gasteiger partial charge in [-0.3, -0.25) is 0 Å².